The number of benzene rings is 5. The summed E-state index contributed by atoms with van der Waals surface area (Å²) in [7, 11) is 1.65. The SMILES string of the molecule is COc1ccccc1N1CCN(C(=O)C(CO)NC(=O)CCCc2ccc3ccc4cccc5ccc2c3c45)CC1. The van der Waals surface area contributed by atoms with Crippen LogP contribution in [-0.4, -0.2) is 67.8 Å². The monoisotopic (exact) mass is 549 g/mol. The van der Waals surface area contributed by atoms with Gasteiger partial charge in [-0.05, 0) is 62.9 Å². The van der Waals surface area contributed by atoms with Crippen molar-refractivity contribution in [2.75, 3.05) is 44.8 Å². The van der Waals surface area contributed by atoms with E-state index in [4.69, 9.17) is 4.74 Å². The number of hydrogen-bond acceptors (Lipinski definition) is 5. The number of aliphatic hydroxyl groups is 1. The van der Waals surface area contributed by atoms with Gasteiger partial charge in [-0.2, -0.15) is 0 Å². The number of carbonyl (C=O) groups is 2. The minimum Gasteiger partial charge on any atom is -0.495 e. The summed E-state index contributed by atoms with van der Waals surface area (Å²) in [6.07, 6.45) is 1.69. The second-order valence-electron chi connectivity index (χ2n) is 10.7. The average Bonchev–Trinajstić information content (AvgIpc) is 3.02. The highest BCUT2D eigenvalue weighted by atomic mass is 16.5. The second-order valence-corrected chi connectivity index (χ2v) is 10.7. The van der Waals surface area contributed by atoms with E-state index in [-0.39, 0.29) is 18.2 Å². The van der Waals surface area contributed by atoms with Crippen LogP contribution in [0.4, 0.5) is 5.69 Å². The molecule has 1 unspecified atom stereocenters. The summed E-state index contributed by atoms with van der Waals surface area (Å²) in [5.41, 5.74) is 2.21. The van der Waals surface area contributed by atoms with E-state index >= 15 is 0 Å². The Balaban J connectivity index is 1.05. The van der Waals surface area contributed by atoms with E-state index in [2.05, 4.69) is 64.8 Å². The molecule has 0 aliphatic carbocycles. The van der Waals surface area contributed by atoms with Gasteiger partial charge in [0, 0.05) is 32.6 Å². The number of ether oxygens (including phenoxy) is 1. The molecule has 0 bridgehead atoms. The third-order valence-corrected chi connectivity index (χ3v) is 8.30. The topological polar surface area (TPSA) is 82.1 Å². The van der Waals surface area contributed by atoms with Crippen molar-refractivity contribution >= 4 is 49.8 Å². The van der Waals surface area contributed by atoms with Crippen molar-refractivity contribution in [3.05, 3.63) is 84.4 Å². The van der Waals surface area contributed by atoms with Crippen molar-refractivity contribution < 1.29 is 19.4 Å². The number of aliphatic hydroxyl groups excluding tert-OH is 1. The predicted octanol–water partition coefficient (Wildman–Crippen LogP) is 4.74. The number of nitrogens with zero attached hydrogens (tertiary/aromatic N) is 2. The molecule has 1 heterocycles. The van der Waals surface area contributed by atoms with Crippen LogP contribution >= 0.6 is 0 Å². The van der Waals surface area contributed by atoms with E-state index in [0.717, 1.165) is 17.9 Å². The van der Waals surface area contributed by atoms with Crippen LogP contribution < -0.4 is 15.0 Å². The third kappa shape index (κ3) is 5.25. The molecule has 41 heavy (non-hydrogen) atoms. The van der Waals surface area contributed by atoms with Crippen LogP contribution in [0.15, 0.2) is 78.9 Å². The van der Waals surface area contributed by atoms with Crippen LogP contribution in [0.25, 0.3) is 32.3 Å². The molecule has 0 radical (unpaired) electrons. The first-order valence-electron chi connectivity index (χ1n) is 14.3. The van der Waals surface area contributed by atoms with Gasteiger partial charge in [0.05, 0.1) is 19.4 Å². The van der Waals surface area contributed by atoms with Crippen LogP contribution in [0.2, 0.25) is 0 Å². The van der Waals surface area contributed by atoms with Gasteiger partial charge in [-0.3, -0.25) is 9.59 Å². The molecule has 5 aromatic rings. The van der Waals surface area contributed by atoms with Gasteiger partial charge >= 0.3 is 0 Å². The molecule has 5 aromatic carbocycles. The van der Waals surface area contributed by atoms with Gasteiger partial charge < -0.3 is 25.0 Å². The van der Waals surface area contributed by atoms with Crippen molar-refractivity contribution in [2.45, 2.75) is 25.3 Å². The average molecular weight is 550 g/mol. The third-order valence-electron chi connectivity index (χ3n) is 8.30. The molecule has 1 fully saturated rings. The highest BCUT2D eigenvalue weighted by Crippen LogP contribution is 2.36. The number of aryl methyl sites for hydroxylation is 1. The van der Waals surface area contributed by atoms with E-state index in [1.807, 2.05) is 24.3 Å². The number of amides is 2. The van der Waals surface area contributed by atoms with Gasteiger partial charge in [0.1, 0.15) is 11.8 Å². The molecule has 0 aromatic heterocycles. The molecular weight excluding hydrogens is 514 g/mol. The molecule has 0 spiro atoms. The Morgan fingerprint density at radius 2 is 1.54 bits per heavy atom. The van der Waals surface area contributed by atoms with Crippen molar-refractivity contribution in [2.24, 2.45) is 0 Å². The molecular formula is C34H35N3O4. The molecule has 1 saturated heterocycles. The van der Waals surface area contributed by atoms with Crippen LogP contribution in [0.5, 0.6) is 5.75 Å². The Labute approximate surface area is 239 Å². The van der Waals surface area contributed by atoms with Crippen LogP contribution in [0.3, 0.4) is 0 Å². The Bertz CT molecular complexity index is 1680. The lowest BCUT2D eigenvalue weighted by Gasteiger charge is -2.37. The fraction of sp³-hybridized carbons (Fsp3) is 0.294. The van der Waals surface area contributed by atoms with Crippen molar-refractivity contribution in [1.82, 2.24) is 10.2 Å². The number of piperazine rings is 1. The maximum Gasteiger partial charge on any atom is 0.247 e. The maximum absolute atomic E-state index is 13.1. The normalized spacial score (nSPS) is 14.6. The maximum atomic E-state index is 13.1. The zero-order valence-electron chi connectivity index (χ0n) is 23.3. The number of carbonyl (C=O) groups excluding carboxylic acids is 2. The Kier molecular flexibility index (Phi) is 7.61. The number of rotatable bonds is 9. The van der Waals surface area contributed by atoms with Crippen molar-refractivity contribution in [3.63, 3.8) is 0 Å². The van der Waals surface area contributed by atoms with Crippen molar-refractivity contribution in [1.29, 1.82) is 0 Å². The summed E-state index contributed by atoms with van der Waals surface area (Å²) in [6.45, 7) is 1.90. The molecule has 1 atom stereocenters. The highest BCUT2D eigenvalue weighted by molar-refractivity contribution is 6.23. The lowest BCUT2D eigenvalue weighted by molar-refractivity contribution is -0.137. The molecule has 1 aliphatic heterocycles. The molecule has 0 saturated carbocycles. The molecule has 7 heteroatoms. The van der Waals surface area contributed by atoms with Crippen LogP contribution in [0.1, 0.15) is 18.4 Å². The number of nitrogens with one attached hydrogen (secondary N) is 1. The number of para-hydroxylation sites is 2. The molecule has 6 rings (SSSR count). The number of methoxy groups -OCH3 is 1. The fourth-order valence-electron chi connectivity index (χ4n) is 6.18. The summed E-state index contributed by atoms with van der Waals surface area (Å²) in [5.74, 6) is 0.338. The van der Waals surface area contributed by atoms with E-state index in [0.29, 0.717) is 32.6 Å². The van der Waals surface area contributed by atoms with E-state index < -0.39 is 12.6 Å². The standard InChI is InChI=1S/C34H35N3O4/c1-41-30-10-3-2-9-29(30)36-18-20-37(21-19-36)34(40)28(22-38)35-31(39)11-5-6-23-12-13-26-15-14-24-7-4-8-25-16-17-27(23)33(26)32(24)25/h2-4,7-10,12-17,28,38H,5-6,11,18-22H2,1H3,(H,35,39). The van der Waals surface area contributed by atoms with E-state index in [9.17, 15) is 14.7 Å². The first-order valence-corrected chi connectivity index (χ1v) is 14.3. The first-order chi connectivity index (χ1) is 20.1. The predicted molar refractivity (Wildman–Crippen MR) is 164 cm³/mol. The summed E-state index contributed by atoms with van der Waals surface area (Å²) < 4.78 is 5.48. The Hall–Kier alpha value is -4.36. The Morgan fingerprint density at radius 3 is 2.27 bits per heavy atom. The van der Waals surface area contributed by atoms with Gasteiger partial charge in [-0.1, -0.05) is 66.7 Å². The largest absolute Gasteiger partial charge is 0.495 e. The van der Waals surface area contributed by atoms with Crippen LogP contribution in [-0.2, 0) is 16.0 Å². The molecule has 1 aliphatic rings. The van der Waals surface area contributed by atoms with Gasteiger partial charge in [0.25, 0.3) is 0 Å². The van der Waals surface area contributed by atoms with Crippen LogP contribution in [0, 0.1) is 0 Å². The minimum atomic E-state index is -0.935. The van der Waals surface area contributed by atoms with Gasteiger partial charge in [-0.25, -0.2) is 0 Å². The summed E-state index contributed by atoms with van der Waals surface area (Å²) in [4.78, 5) is 29.9. The summed E-state index contributed by atoms with van der Waals surface area (Å²) >= 11 is 0. The lowest BCUT2D eigenvalue weighted by Crippen LogP contribution is -2.56. The Morgan fingerprint density at radius 1 is 0.854 bits per heavy atom. The summed E-state index contributed by atoms with van der Waals surface area (Å²) in [5, 5.41) is 20.2. The first kappa shape index (κ1) is 26.8. The summed E-state index contributed by atoms with van der Waals surface area (Å²) in [6, 6.07) is 26.3. The zero-order chi connectivity index (χ0) is 28.3. The second kappa shape index (κ2) is 11.6. The smallest absolute Gasteiger partial charge is 0.247 e. The van der Waals surface area contributed by atoms with Gasteiger partial charge in [0.15, 0.2) is 0 Å². The molecule has 2 N–H and O–H groups in total. The molecule has 7 nitrogen and oxygen atoms in total. The van der Waals surface area contributed by atoms with Crippen molar-refractivity contribution in [3.8, 4) is 5.75 Å². The van der Waals surface area contributed by atoms with Gasteiger partial charge in [0.2, 0.25) is 11.8 Å². The fourth-order valence-corrected chi connectivity index (χ4v) is 6.18. The molecule has 210 valence electrons. The number of hydrogen-bond donors (Lipinski definition) is 2. The number of anilines is 1. The van der Waals surface area contributed by atoms with E-state index in [1.54, 1.807) is 12.0 Å². The highest BCUT2D eigenvalue weighted by Gasteiger charge is 2.29. The minimum absolute atomic E-state index is 0.220. The van der Waals surface area contributed by atoms with E-state index in [1.165, 1.54) is 37.9 Å². The quantitative estimate of drug-likeness (QED) is 0.260. The lowest BCUT2D eigenvalue weighted by atomic mass is 9.90. The zero-order valence-corrected chi connectivity index (χ0v) is 23.3. The van der Waals surface area contributed by atoms with Gasteiger partial charge in [-0.15, -0.1) is 0 Å². The molecule has 2 amide bonds.